The SMILES string of the molecule is CC(C)(C)CS(=O)(=O)Nc1cc(F)c(F)cc1C(=O)O. The first-order valence-corrected chi connectivity index (χ1v) is 7.29. The van der Waals surface area contributed by atoms with Gasteiger partial charge in [-0.2, -0.15) is 0 Å². The van der Waals surface area contributed by atoms with Crippen LogP contribution in [0.15, 0.2) is 12.1 Å². The highest BCUT2D eigenvalue weighted by atomic mass is 32.2. The van der Waals surface area contributed by atoms with Gasteiger partial charge in [0.05, 0.1) is 17.0 Å². The van der Waals surface area contributed by atoms with Crippen molar-refractivity contribution in [3.05, 3.63) is 29.3 Å². The Kier molecular flexibility index (Phi) is 4.38. The van der Waals surface area contributed by atoms with Gasteiger partial charge in [-0.15, -0.1) is 0 Å². The van der Waals surface area contributed by atoms with Crippen LogP contribution in [0.5, 0.6) is 0 Å². The average Bonchev–Trinajstić information content (AvgIpc) is 2.18. The van der Waals surface area contributed by atoms with E-state index in [1.54, 1.807) is 20.8 Å². The van der Waals surface area contributed by atoms with Crippen LogP contribution in [0.3, 0.4) is 0 Å². The Morgan fingerprint density at radius 1 is 1.25 bits per heavy atom. The molecule has 0 saturated carbocycles. The molecule has 0 unspecified atom stereocenters. The van der Waals surface area contributed by atoms with E-state index in [0.29, 0.717) is 12.1 Å². The number of hydrogen-bond acceptors (Lipinski definition) is 3. The topological polar surface area (TPSA) is 83.5 Å². The average molecular weight is 307 g/mol. The lowest BCUT2D eigenvalue weighted by atomic mass is 10.0. The molecule has 1 aromatic rings. The highest BCUT2D eigenvalue weighted by Crippen LogP contribution is 2.23. The number of anilines is 1. The summed E-state index contributed by atoms with van der Waals surface area (Å²) in [6.07, 6.45) is 0. The fraction of sp³-hybridized carbons (Fsp3) is 0.417. The van der Waals surface area contributed by atoms with Gasteiger partial charge in [-0.1, -0.05) is 20.8 Å². The first-order valence-electron chi connectivity index (χ1n) is 5.64. The summed E-state index contributed by atoms with van der Waals surface area (Å²) in [6.45, 7) is 5.03. The van der Waals surface area contributed by atoms with Gasteiger partial charge in [0, 0.05) is 6.07 Å². The summed E-state index contributed by atoms with van der Waals surface area (Å²) in [5.74, 6) is -4.54. The van der Waals surface area contributed by atoms with Crippen LogP contribution in [-0.2, 0) is 10.0 Å². The third kappa shape index (κ3) is 4.44. The number of halogens is 2. The molecule has 20 heavy (non-hydrogen) atoms. The molecule has 1 aromatic carbocycles. The molecule has 0 saturated heterocycles. The highest BCUT2D eigenvalue weighted by Gasteiger charge is 2.24. The van der Waals surface area contributed by atoms with E-state index in [1.807, 2.05) is 4.72 Å². The van der Waals surface area contributed by atoms with Crippen molar-refractivity contribution in [3.8, 4) is 0 Å². The monoisotopic (exact) mass is 307 g/mol. The molecule has 0 heterocycles. The maximum Gasteiger partial charge on any atom is 0.337 e. The second-order valence-corrected chi connectivity index (χ2v) is 7.26. The van der Waals surface area contributed by atoms with Crippen LogP contribution in [0.2, 0.25) is 0 Å². The quantitative estimate of drug-likeness (QED) is 0.895. The summed E-state index contributed by atoms with van der Waals surface area (Å²) in [7, 11) is -3.88. The highest BCUT2D eigenvalue weighted by molar-refractivity contribution is 7.92. The first-order chi connectivity index (χ1) is 8.91. The molecule has 0 bridgehead atoms. The van der Waals surface area contributed by atoms with Crippen LogP contribution in [0.4, 0.5) is 14.5 Å². The fourth-order valence-electron chi connectivity index (χ4n) is 1.58. The van der Waals surface area contributed by atoms with Crippen LogP contribution in [0.25, 0.3) is 0 Å². The molecule has 112 valence electrons. The van der Waals surface area contributed by atoms with E-state index in [9.17, 15) is 22.0 Å². The van der Waals surface area contributed by atoms with Crippen LogP contribution in [0, 0.1) is 17.0 Å². The molecule has 8 heteroatoms. The molecule has 0 aliphatic carbocycles. The minimum Gasteiger partial charge on any atom is -0.478 e. The molecule has 5 nitrogen and oxygen atoms in total. The van der Waals surface area contributed by atoms with Gasteiger partial charge in [0.1, 0.15) is 0 Å². The number of carboxylic acid groups (broad SMARTS) is 1. The Balaban J connectivity index is 3.21. The van der Waals surface area contributed by atoms with Crippen LogP contribution >= 0.6 is 0 Å². The van der Waals surface area contributed by atoms with Crippen molar-refractivity contribution < 1.29 is 27.1 Å². The summed E-state index contributed by atoms with van der Waals surface area (Å²) in [5, 5.41) is 8.89. The Labute approximate surface area is 115 Å². The van der Waals surface area contributed by atoms with E-state index in [-0.39, 0.29) is 5.75 Å². The maximum absolute atomic E-state index is 13.1. The van der Waals surface area contributed by atoms with Crippen LogP contribution in [0.1, 0.15) is 31.1 Å². The molecule has 2 N–H and O–H groups in total. The number of sulfonamides is 1. The zero-order valence-electron chi connectivity index (χ0n) is 11.2. The maximum atomic E-state index is 13.1. The zero-order valence-corrected chi connectivity index (χ0v) is 12.0. The molecule has 0 fully saturated rings. The second kappa shape index (κ2) is 5.35. The van der Waals surface area contributed by atoms with Crippen molar-refractivity contribution in [2.24, 2.45) is 5.41 Å². The lowest BCUT2D eigenvalue weighted by molar-refractivity contribution is 0.0697. The fourth-order valence-corrected chi connectivity index (χ4v) is 3.30. The number of hydrogen-bond donors (Lipinski definition) is 2. The minimum absolute atomic E-state index is 0.294. The van der Waals surface area contributed by atoms with Gasteiger partial charge in [0.2, 0.25) is 10.0 Å². The smallest absolute Gasteiger partial charge is 0.337 e. The molecule has 0 amide bonds. The van der Waals surface area contributed by atoms with Gasteiger partial charge in [0.25, 0.3) is 0 Å². The molecule has 0 aliphatic rings. The molecular weight excluding hydrogens is 292 g/mol. The van der Waals surface area contributed by atoms with Crippen molar-refractivity contribution >= 4 is 21.7 Å². The van der Waals surface area contributed by atoms with Crippen molar-refractivity contribution in [2.45, 2.75) is 20.8 Å². The van der Waals surface area contributed by atoms with E-state index in [2.05, 4.69) is 0 Å². The van der Waals surface area contributed by atoms with Gasteiger partial charge in [0.15, 0.2) is 11.6 Å². The molecule has 0 radical (unpaired) electrons. The number of carbonyl (C=O) groups is 1. The van der Waals surface area contributed by atoms with E-state index < -0.39 is 44.3 Å². The summed E-state index contributed by atoms with van der Waals surface area (Å²) < 4.78 is 51.9. The Bertz CT molecular complexity index is 636. The third-order valence-corrected chi connectivity index (χ3v) is 3.96. The number of carboxylic acids is 1. The number of nitrogens with one attached hydrogen (secondary N) is 1. The van der Waals surface area contributed by atoms with E-state index in [0.717, 1.165) is 0 Å². The third-order valence-electron chi connectivity index (χ3n) is 2.18. The predicted octanol–water partition coefficient (Wildman–Crippen LogP) is 2.45. The Morgan fingerprint density at radius 3 is 2.20 bits per heavy atom. The predicted molar refractivity (Wildman–Crippen MR) is 70.2 cm³/mol. The van der Waals surface area contributed by atoms with Gasteiger partial charge >= 0.3 is 5.97 Å². The van der Waals surface area contributed by atoms with Crippen molar-refractivity contribution in [3.63, 3.8) is 0 Å². The second-order valence-electron chi connectivity index (χ2n) is 5.54. The summed E-state index contributed by atoms with van der Waals surface area (Å²) in [4.78, 5) is 10.9. The van der Waals surface area contributed by atoms with Gasteiger partial charge in [-0.3, -0.25) is 4.72 Å². The van der Waals surface area contributed by atoms with Gasteiger partial charge < -0.3 is 5.11 Å². The van der Waals surface area contributed by atoms with E-state index in [1.165, 1.54) is 0 Å². The molecule has 0 aliphatic heterocycles. The summed E-state index contributed by atoms with van der Waals surface area (Å²) in [5.41, 5.74) is -1.73. The van der Waals surface area contributed by atoms with Crippen LogP contribution < -0.4 is 4.72 Å². The molecule has 0 spiro atoms. The van der Waals surface area contributed by atoms with Gasteiger partial charge in [-0.25, -0.2) is 22.0 Å². The van der Waals surface area contributed by atoms with Crippen LogP contribution in [-0.4, -0.2) is 25.2 Å². The van der Waals surface area contributed by atoms with Crippen molar-refractivity contribution in [1.29, 1.82) is 0 Å². The molecule has 1 rings (SSSR count). The standard InChI is InChI=1S/C12H15F2NO4S/c1-12(2,3)6-20(18,19)15-10-5-9(14)8(13)4-7(10)11(16)17/h4-5,15H,6H2,1-3H3,(H,16,17). The molecule has 0 atom stereocenters. The lowest BCUT2D eigenvalue weighted by Crippen LogP contribution is -2.27. The number of benzene rings is 1. The Hall–Kier alpha value is -1.70. The largest absolute Gasteiger partial charge is 0.478 e. The summed E-state index contributed by atoms with van der Waals surface area (Å²) in [6, 6.07) is 0.950. The van der Waals surface area contributed by atoms with Crippen molar-refractivity contribution in [2.75, 3.05) is 10.5 Å². The number of aromatic carboxylic acids is 1. The first kappa shape index (κ1) is 16.4. The molecule has 0 aromatic heterocycles. The molecular formula is C12H15F2NO4S. The summed E-state index contributed by atoms with van der Waals surface area (Å²) >= 11 is 0. The Morgan fingerprint density at radius 2 is 1.75 bits per heavy atom. The van der Waals surface area contributed by atoms with E-state index >= 15 is 0 Å². The van der Waals surface area contributed by atoms with Gasteiger partial charge in [-0.05, 0) is 11.5 Å². The van der Waals surface area contributed by atoms with Crippen molar-refractivity contribution in [1.82, 2.24) is 0 Å². The number of rotatable bonds is 4. The minimum atomic E-state index is -3.88. The zero-order chi connectivity index (χ0) is 15.7. The lowest BCUT2D eigenvalue weighted by Gasteiger charge is -2.19. The normalized spacial score (nSPS) is 12.2. The van der Waals surface area contributed by atoms with E-state index in [4.69, 9.17) is 5.11 Å².